The first kappa shape index (κ1) is 14.3. The maximum atomic E-state index is 5.91. The molecule has 0 radical (unpaired) electrons. The van der Waals surface area contributed by atoms with Gasteiger partial charge in [-0.2, -0.15) is 0 Å². The van der Waals surface area contributed by atoms with Crippen molar-refractivity contribution in [3.05, 3.63) is 23.4 Å². The smallest absolute Gasteiger partial charge is 0.139 e. The number of thiocarbonyl (C=S) groups is 1. The summed E-state index contributed by atoms with van der Waals surface area (Å²) in [5.41, 5.74) is 7.99. The molecule has 0 aliphatic carbocycles. The Morgan fingerprint density at radius 1 is 1.47 bits per heavy atom. The zero-order chi connectivity index (χ0) is 13.8. The molecule has 0 bridgehead atoms. The van der Waals surface area contributed by atoms with E-state index in [0.717, 1.165) is 29.9 Å². The summed E-state index contributed by atoms with van der Waals surface area (Å²) in [6, 6.07) is 2.54. The molecule has 1 aliphatic heterocycles. The van der Waals surface area contributed by atoms with E-state index < -0.39 is 0 Å². The van der Waals surface area contributed by atoms with Gasteiger partial charge in [0.25, 0.3) is 0 Å². The minimum Gasteiger partial charge on any atom is -0.389 e. The lowest BCUT2D eigenvalue weighted by atomic mass is 10.1. The maximum absolute atomic E-state index is 5.91. The first-order valence-electron chi connectivity index (χ1n) is 7.17. The second-order valence-corrected chi connectivity index (χ2v) is 5.74. The van der Waals surface area contributed by atoms with Gasteiger partial charge in [0.15, 0.2) is 0 Å². The fourth-order valence-corrected chi connectivity index (χ4v) is 3.20. The van der Waals surface area contributed by atoms with Crippen LogP contribution in [0.25, 0.3) is 0 Å². The summed E-state index contributed by atoms with van der Waals surface area (Å²) in [6.45, 7) is 5.36. The van der Waals surface area contributed by atoms with Crippen LogP contribution in [0, 0.1) is 6.92 Å². The van der Waals surface area contributed by atoms with Crippen molar-refractivity contribution in [1.29, 1.82) is 0 Å². The van der Waals surface area contributed by atoms with Crippen molar-refractivity contribution in [1.82, 2.24) is 4.98 Å². The van der Waals surface area contributed by atoms with Gasteiger partial charge >= 0.3 is 0 Å². The number of nitrogens with zero attached hydrogens (tertiary/aromatic N) is 2. The fourth-order valence-electron chi connectivity index (χ4n) is 2.95. The highest BCUT2D eigenvalue weighted by molar-refractivity contribution is 7.80. The fraction of sp³-hybridized carbons (Fsp3) is 0.600. The number of hydrogen-bond donors (Lipinski definition) is 1. The normalized spacial score (nSPS) is 20.1. The van der Waals surface area contributed by atoms with Crippen molar-refractivity contribution < 1.29 is 0 Å². The number of nitrogens with two attached hydrogens (primary N) is 1. The van der Waals surface area contributed by atoms with Crippen LogP contribution in [0.15, 0.2) is 12.3 Å². The van der Waals surface area contributed by atoms with E-state index in [1.54, 1.807) is 0 Å². The van der Waals surface area contributed by atoms with Crippen molar-refractivity contribution in [2.45, 2.75) is 52.0 Å². The Bertz CT molecular complexity index is 459. The highest BCUT2D eigenvalue weighted by Gasteiger charge is 2.24. The monoisotopic (exact) mass is 277 g/mol. The van der Waals surface area contributed by atoms with Crippen molar-refractivity contribution in [3.63, 3.8) is 0 Å². The van der Waals surface area contributed by atoms with Crippen LogP contribution in [0.2, 0.25) is 0 Å². The van der Waals surface area contributed by atoms with Crippen LogP contribution in [0.4, 0.5) is 5.82 Å². The van der Waals surface area contributed by atoms with E-state index in [0.29, 0.717) is 11.0 Å². The van der Waals surface area contributed by atoms with Gasteiger partial charge < -0.3 is 10.6 Å². The number of pyridine rings is 1. The second kappa shape index (κ2) is 6.33. The number of anilines is 1. The molecule has 1 aliphatic rings. The number of hydrogen-bond acceptors (Lipinski definition) is 3. The summed E-state index contributed by atoms with van der Waals surface area (Å²) in [4.78, 5) is 7.47. The molecule has 1 fully saturated rings. The first-order chi connectivity index (χ1) is 9.15. The molecule has 1 unspecified atom stereocenters. The van der Waals surface area contributed by atoms with E-state index in [1.165, 1.54) is 25.7 Å². The molecule has 2 N–H and O–H groups in total. The van der Waals surface area contributed by atoms with Gasteiger partial charge in [0.1, 0.15) is 10.8 Å². The number of rotatable bonds is 3. The second-order valence-electron chi connectivity index (χ2n) is 5.30. The lowest BCUT2D eigenvalue weighted by molar-refractivity contribution is 0.552. The molecule has 0 aromatic carbocycles. The van der Waals surface area contributed by atoms with Gasteiger partial charge in [0, 0.05) is 18.8 Å². The van der Waals surface area contributed by atoms with Crippen LogP contribution in [-0.2, 0) is 0 Å². The molecule has 0 spiro atoms. The minimum absolute atomic E-state index is 0.458. The molecule has 104 valence electrons. The SMILES string of the molecule is CCC1CCCCCN1c1nccc(C)c1C(N)=S. The third-order valence-electron chi connectivity index (χ3n) is 4.01. The van der Waals surface area contributed by atoms with E-state index >= 15 is 0 Å². The van der Waals surface area contributed by atoms with Crippen LogP contribution in [0.3, 0.4) is 0 Å². The molecule has 3 nitrogen and oxygen atoms in total. The summed E-state index contributed by atoms with van der Waals surface area (Å²) < 4.78 is 0. The van der Waals surface area contributed by atoms with Crippen LogP contribution in [-0.4, -0.2) is 22.6 Å². The lowest BCUT2D eigenvalue weighted by Crippen LogP contribution is -2.36. The predicted octanol–water partition coefficient (Wildman–Crippen LogP) is 3.18. The highest BCUT2D eigenvalue weighted by atomic mass is 32.1. The number of aromatic nitrogens is 1. The average Bonchev–Trinajstić information content (AvgIpc) is 2.62. The predicted molar refractivity (Wildman–Crippen MR) is 84.8 cm³/mol. The van der Waals surface area contributed by atoms with Crippen molar-refractivity contribution in [2.24, 2.45) is 5.73 Å². The molecule has 4 heteroatoms. The van der Waals surface area contributed by atoms with Crippen LogP contribution < -0.4 is 10.6 Å². The van der Waals surface area contributed by atoms with E-state index in [9.17, 15) is 0 Å². The van der Waals surface area contributed by atoms with Crippen LogP contribution in [0.1, 0.15) is 50.2 Å². The molecular formula is C15H23N3S. The summed E-state index contributed by atoms with van der Waals surface area (Å²) >= 11 is 5.23. The molecule has 1 atom stereocenters. The van der Waals surface area contributed by atoms with Gasteiger partial charge in [-0.25, -0.2) is 4.98 Å². The Hall–Kier alpha value is -1.16. The zero-order valence-corrected chi connectivity index (χ0v) is 12.7. The molecule has 1 aromatic heterocycles. The Labute approximate surface area is 121 Å². The molecule has 0 saturated carbocycles. The van der Waals surface area contributed by atoms with Crippen molar-refractivity contribution in [3.8, 4) is 0 Å². The summed E-state index contributed by atoms with van der Waals surface area (Å²) in [7, 11) is 0. The van der Waals surface area contributed by atoms with Gasteiger partial charge in [-0.1, -0.05) is 32.0 Å². The Morgan fingerprint density at radius 2 is 2.26 bits per heavy atom. The zero-order valence-electron chi connectivity index (χ0n) is 11.9. The molecule has 0 amide bonds. The van der Waals surface area contributed by atoms with Gasteiger partial charge in [-0.05, 0) is 37.8 Å². The van der Waals surface area contributed by atoms with Crippen LogP contribution >= 0.6 is 12.2 Å². The Kier molecular flexibility index (Phi) is 4.75. The Balaban J connectivity index is 2.43. The molecule has 2 rings (SSSR count). The average molecular weight is 277 g/mol. The van der Waals surface area contributed by atoms with Crippen molar-refractivity contribution in [2.75, 3.05) is 11.4 Å². The topological polar surface area (TPSA) is 42.2 Å². The third-order valence-corrected chi connectivity index (χ3v) is 4.21. The molecule has 19 heavy (non-hydrogen) atoms. The van der Waals surface area contributed by atoms with Gasteiger partial charge in [0.2, 0.25) is 0 Å². The molecular weight excluding hydrogens is 254 g/mol. The van der Waals surface area contributed by atoms with E-state index in [2.05, 4.69) is 23.7 Å². The molecule has 2 heterocycles. The van der Waals surface area contributed by atoms with Crippen molar-refractivity contribution >= 4 is 23.0 Å². The Morgan fingerprint density at radius 3 is 2.95 bits per heavy atom. The quantitative estimate of drug-likeness (QED) is 0.862. The summed E-state index contributed by atoms with van der Waals surface area (Å²) in [6.07, 6.45) is 8.09. The molecule has 1 aromatic rings. The molecule has 1 saturated heterocycles. The van der Waals surface area contributed by atoms with Gasteiger partial charge in [-0.3, -0.25) is 0 Å². The van der Waals surface area contributed by atoms with E-state index in [1.807, 2.05) is 12.3 Å². The van der Waals surface area contributed by atoms with Crippen LogP contribution in [0.5, 0.6) is 0 Å². The van der Waals surface area contributed by atoms with Gasteiger partial charge in [0.05, 0.1) is 5.56 Å². The van der Waals surface area contributed by atoms with E-state index in [4.69, 9.17) is 18.0 Å². The summed E-state index contributed by atoms with van der Waals surface area (Å²) in [5.74, 6) is 0.987. The standard InChI is InChI=1S/C15H23N3S/c1-3-12-7-5-4-6-10-18(12)15-13(14(16)19)11(2)8-9-17-15/h8-9,12H,3-7,10H2,1-2H3,(H2,16,19). The summed E-state index contributed by atoms with van der Waals surface area (Å²) in [5, 5.41) is 0. The van der Waals surface area contributed by atoms with E-state index in [-0.39, 0.29) is 0 Å². The first-order valence-corrected chi connectivity index (χ1v) is 7.58. The maximum Gasteiger partial charge on any atom is 0.139 e. The highest BCUT2D eigenvalue weighted by Crippen LogP contribution is 2.28. The lowest BCUT2D eigenvalue weighted by Gasteiger charge is -2.32. The van der Waals surface area contributed by atoms with Gasteiger partial charge in [-0.15, -0.1) is 0 Å². The third kappa shape index (κ3) is 3.06. The number of aryl methyl sites for hydroxylation is 1. The minimum atomic E-state index is 0.458. The largest absolute Gasteiger partial charge is 0.389 e.